The molecule has 4 heteroatoms. The number of carboxylic acids is 1. The van der Waals surface area contributed by atoms with Crippen LogP contribution in [0.15, 0.2) is 24.3 Å². The van der Waals surface area contributed by atoms with E-state index >= 15 is 0 Å². The molecule has 0 aliphatic heterocycles. The number of rotatable bonds is 6. The number of benzene rings is 1. The van der Waals surface area contributed by atoms with E-state index < -0.39 is 5.97 Å². The van der Waals surface area contributed by atoms with Crippen molar-refractivity contribution >= 4 is 17.6 Å². The summed E-state index contributed by atoms with van der Waals surface area (Å²) in [6.07, 6.45) is 2.40. The molecule has 0 atom stereocenters. The Labute approximate surface area is 107 Å². The fourth-order valence-electron chi connectivity index (χ4n) is 1.69. The molecular weight excluding hydrogens is 230 g/mol. The lowest BCUT2D eigenvalue weighted by Crippen LogP contribution is -2.31. The summed E-state index contributed by atoms with van der Waals surface area (Å²) in [6, 6.07) is 6.43. The maximum atomic E-state index is 11.8. The summed E-state index contributed by atoms with van der Waals surface area (Å²) >= 11 is 0. The first-order chi connectivity index (χ1) is 8.60. The van der Waals surface area contributed by atoms with Gasteiger partial charge in [-0.3, -0.25) is 4.79 Å². The quantitative estimate of drug-likeness (QED) is 0.843. The summed E-state index contributed by atoms with van der Waals surface area (Å²) in [7, 11) is 0. The van der Waals surface area contributed by atoms with Crippen LogP contribution in [-0.2, 0) is 4.79 Å². The maximum Gasteiger partial charge on any atom is 0.335 e. The van der Waals surface area contributed by atoms with E-state index in [4.69, 9.17) is 5.11 Å². The van der Waals surface area contributed by atoms with Crippen molar-refractivity contribution in [2.24, 2.45) is 0 Å². The van der Waals surface area contributed by atoms with Gasteiger partial charge in [-0.2, -0.15) is 0 Å². The van der Waals surface area contributed by atoms with Crippen LogP contribution < -0.4 is 4.90 Å². The van der Waals surface area contributed by atoms with Gasteiger partial charge in [0, 0.05) is 18.7 Å². The zero-order valence-electron chi connectivity index (χ0n) is 10.8. The monoisotopic (exact) mass is 249 g/mol. The summed E-state index contributed by atoms with van der Waals surface area (Å²) in [5.41, 5.74) is 0.999. The van der Waals surface area contributed by atoms with E-state index in [-0.39, 0.29) is 11.5 Å². The highest BCUT2D eigenvalue weighted by molar-refractivity contribution is 5.94. The Hall–Kier alpha value is -1.84. The summed E-state index contributed by atoms with van der Waals surface area (Å²) in [5, 5.41) is 8.83. The highest BCUT2D eigenvalue weighted by Crippen LogP contribution is 2.17. The number of anilines is 1. The topological polar surface area (TPSA) is 57.6 Å². The van der Waals surface area contributed by atoms with Crippen LogP contribution >= 0.6 is 0 Å². The molecule has 0 spiro atoms. The molecule has 1 aromatic carbocycles. The Bertz CT molecular complexity index is 412. The lowest BCUT2D eigenvalue weighted by atomic mass is 10.2. The molecule has 1 N–H and O–H groups in total. The van der Waals surface area contributed by atoms with Crippen LogP contribution in [0.5, 0.6) is 0 Å². The number of carbonyl (C=O) groups excluding carboxylic acids is 1. The minimum atomic E-state index is -0.955. The standard InChI is InChI=1S/C14H19NO3/c1-3-5-10-15(13(16)4-2)12-8-6-11(7-9-12)14(17)18/h6-9H,3-5,10H2,1-2H3,(H,17,18). The fourth-order valence-corrected chi connectivity index (χ4v) is 1.69. The molecule has 0 aliphatic carbocycles. The van der Waals surface area contributed by atoms with Crippen molar-refractivity contribution in [2.75, 3.05) is 11.4 Å². The summed E-state index contributed by atoms with van der Waals surface area (Å²) in [6.45, 7) is 4.57. The van der Waals surface area contributed by atoms with Crippen LogP contribution in [0.1, 0.15) is 43.5 Å². The minimum absolute atomic E-state index is 0.0616. The molecule has 98 valence electrons. The normalized spacial score (nSPS) is 10.1. The van der Waals surface area contributed by atoms with Gasteiger partial charge in [-0.15, -0.1) is 0 Å². The zero-order chi connectivity index (χ0) is 13.5. The summed E-state index contributed by atoms with van der Waals surface area (Å²) < 4.78 is 0. The molecule has 0 bridgehead atoms. The van der Waals surface area contributed by atoms with Gasteiger partial charge in [0.1, 0.15) is 0 Å². The molecule has 0 saturated heterocycles. The second kappa shape index (κ2) is 6.79. The Kier molecular flexibility index (Phi) is 5.36. The number of hydrogen-bond donors (Lipinski definition) is 1. The molecule has 0 unspecified atom stereocenters. The van der Waals surface area contributed by atoms with E-state index in [0.29, 0.717) is 13.0 Å². The van der Waals surface area contributed by atoms with Crippen molar-refractivity contribution in [2.45, 2.75) is 33.1 Å². The largest absolute Gasteiger partial charge is 0.478 e. The van der Waals surface area contributed by atoms with E-state index in [1.165, 1.54) is 12.1 Å². The molecule has 1 amide bonds. The first-order valence-electron chi connectivity index (χ1n) is 6.23. The first kappa shape index (κ1) is 14.2. The second-order valence-corrected chi connectivity index (χ2v) is 4.10. The molecule has 0 heterocycles. The average Bonchev–Trinajstić information content (AvgIpc) is 2.39. The predicted molar refractivity (Wildman–Crippen MR) is 71.0 cm³/mol. The van der Waals surface area contributed by atoms with E-state index in [1.54, 1.807) is 17.0 Å². The Balaban J connectivity index is 2.90. The van der Waals surface area contributed by atoms with Crippen LogP contribution in [0.4, 0.5) is 5.69 Å². The van der Waals surface area contributed by atoms with E-state index in [0.717, 1.165) is 18.5 Å². The number of hydrogen-bond acceptors (Lipinski definition) is 2. The van der Waals surface area contributed by atoms with E-state index in [1.807, 2.05) is 6.92 Å². The number of aromatic carboxylic acids is 1. The van der Waals surface area contributed by atoms with Gasteiger partial charge in [-0.05, 0) is 30.7 Å². The van der Waals surface area contributed by atoms with Crippen LogP contribution in [0.25, 0.3) is 0 Å². The van der Waals surface area contributed by atoms with Gasteiger partial charge < -0.3 is 10.0 Å². The van der Waals surface area contributed by atoms with E-state index in [2.05, 4.69) is 6.92 Å². The molecule has 0 aliphatic rings. The number of unbranched alkanes of at least 4 members (excludes halogenated alkanes) is 1. The number of carboxylic acid groups (broad SMARTS) is 1. The second-order valence-electron chi connectivity index (χ2n) is 4.10. The molecule has 0 aromatic heterocycles. The summed E-state index contributed by atoms with van der Waals surface area (Å²) in [4.78, 5) is 24.3. The molecule has 1 rings (SSSR count). The molecule has 0 fully saturated rings. The van der Waals surface area contributed by atoms with Crippen molar-refractivity contribution in [3.05, 3.63) is 29.8 Å². The van der Waals surface area contributed by atoms with Crippen molar-refractivity contribution in [1.82, 2.24) is 0 Å². The Morgan fingerprint density at radius 2 is 1.78 bits per heavy atom. The van der Waals surface area contributed by atoms with Crippen molar-refractivity contribution in [3.63, 3.8) is 0 Å². The van der Waals surface area contributed by atoms with Crippen molar-refractivity contribution in [1.29, 1.82) is 0 Å². The van der Waals surface area contributed by atoms with Crippen LogP contribution in [0.2, 0.25) is 0 Å². The third-order valence-corrected chi connectivity index (χ3v) is 2.76. The minimum Gasteiger partial charge on any atom is -0.478 e. The van der Waals surface area contributed by atoms with Gasteiger partial charge in [0.2, 0.25) is 5.91 Å². The third-order valence-electron chi connectivity index (χ3n) is 2.76. The molecule has 0 saturated carbocycles. The summed E-state index contributed by atoms with van der Waals surface area (Å²) in [5.74, 6) is -0.894. The van der Waals surface area contributed by atoms with Crippen LogP contribution in [0.3, 0.4) is 0 Å². The zero-order valence-corrected chi connectivity index (χ0v) is 10.8. The van der Waals surface area contributed by atoms with Gasteiger partial charge in [-0.1, -0.05) is 20.3 Å². The van der Waals surface area contributed by atoms with Gasteiger partial charge in [0.15, 0.2) is 0 Å². The fraction of sp³-hybridized carbons (Fsp3) is 0.429. The SMILES string of the molecule is CCCCN(C(=O)CC)c1ccc(C(=O)O)cc1. The van der Waals surface area contributed by atoms with Crippen LogP contribution in [0, 0.1) is 0 Å². The molecule has 1 aromatic rings. The predicted octanol–water partition coefficient (Wildman–Crippen LogP) is 2.93. The number of carbonyl (C=O) groups is 2. The smallest absolute Gasteiger partial charge is 0.335 e. The average molecular weight is 249 g/mol. The highest BCUT2D eigenvalue weighted by Gasteiger charge is 2.13. The maximum absolute atomic E-state index is 11.8. The third kappa shape index (κ3) is 3.58. The lowest BCUT2D eigenvalue weighted by Gasteiger charge is -2.22. The highest BCUT2D eigenvalue weighted by atomic mass is 16.4. The lowest BCUT2D eigenvalue weighted by molar-refractivity contribution is -0.118. The van der Waals surface area contributed by atoms with Crippen molar-refractivity contribution < 1.29 is 14.7 Å². The number of amides is 1. The van der Waals surface area contributed by atoms with Crippen molar-refractivity contribution in [3.8, 4) is 0 Å². The van der Waals surface area contributed by atoms with Gasteiger partial charge in [-0.25, -0.2) is 4.79 Å². The first-order valence-corrected chi connectivity index (χ1v) is 6.23. The molecule has 18 heavy (non-hydrogen) atoms. The van der Waals surface area contributed by atoms with Gasteiger partial charge in [0.05, 0.1) is 5.56 Å². The Morgan fingerprint density at radius 1 is 1.17 bits per heavy atom. The van der Waals surface area contributed by atoms with E-state index in [9.17, 15) is 9.59 Å². The number of nitrogens with zero attached hydrogens (tertiary/aromatic N) is 1. The van der Waals surface area contributed by atoms with Gasteiger partial charge >= 0.3 is 5.97 Å². The Morgan fingerprint density at radius 3 is 2.22 bits per heavy atom. The molecule has 4 nitrogen and oxygen atoms in total. The molecular formula is C14H19NO3. The van der Waals surface area contributed by atoms with Gasteiger partial charge in [0.25, 0.3) is 0 Å². The molecule has 0 radical (unpaired) electrons. The van der Waals surface area contributed by atoms with Crippen LogP contribution in [-0.4, -0.2) is 23.5 Å².